The van der Waals surface area contributed by atoms with Gasteiger partial charge < -0.3 is 10.0 Å². The second-order valence-electron chi connectivity index (χ2n) is 5.09. The minimum Gasteiger partial charge on any atom is -0.481 e. The summed E-state index contributed by atoms with van der Waals surface area (Å²) >= 11 is 0. The number of anilines is 1. The maximum absolute atomic E-state index is 10.8. The Balaban J connectivity index is 2.48. The highest BCUT2D eigenvalue weighted by Crippen LogP contribution is 2.26. The standard InChI is InChI=1S/C15H19N3O2/c1-10(2)18(9-8-14(19)20)15-13-7-5-4-6-12(13)11(3)16-17-15/h4-7,10H,8-9H2,1-3H3,(H,19,20). The van der Waals surface area contributed by atoms with Crippen molar-refractivity contribution in [3.05, 3.63) is 30.0 Å². The van der Waals surface area contributed by atoms with Crippen molar-refractivity contribution in [2.45, 2.75) is 33.2 Å². The van der Waals surface area contributed by atoms with Gasteiger partial charge in [-0.1, -0.05) is 24.3 Å². The van der Waals surface area contributed by atoms with E-state index in [1.807, 2.05) is 49.9 Å². The number of hydrogen-bond donors (Lipinski definition) is 1. The number of benzene rings is 1. The molecular weight excluding hydrogens is 254 g/mol. The van der Waals surface area contributed by atoms with Crippen molar-refractivity contribution >= 4 is 22.6 Å². The Morgan fingerprint density at radius 3 is 2.50 bits per heavy atom. The van der Waals surface area contributed by atoms with Crippen molar-refractivity contribution in [2.75, 3.05) is 11.4 Å². The van der Waals surface area contributed by atoms with Gasteiger partial charge in [-0.3, -0.25) is 4.79 Å². The van der Waals surface area contributed by atoms with Gasteiger partial charge in [-0.15, -0.1) is 5.10 Å². The smallest absolute Gasteiger partial charge is 0.305 e. The highest BCUT2D eigenvalue weighted by atomic mass is 16.4. The summed E-state index contributed by atoms with van der Waals surface area (Å²) in [6, 6.07) is 8.11. The van der Waals surface area contributed by atoms with Crippen LogP contribution in [0.25, 0.3) is 10.8 Å². The van der Waals surface area contributed by atoms with E-state index in [0.29, 0.717) is 6.54 Å². The Labute approximate surface area is 118 Å². The first-order valence-corrected chi connectivity index (χ1v) is 6.71. The molecule has 0 spiro atoms. The maximum atomic E-state index is 10.8. The third-order valence-electron chi connectivity index (χ3n) is 3.31. The number of carboxylic acids is 1. The van der Waals surface area contributed by atoms with Crippen molar-refractivity contribution in [1.82, 2.24) is 10.2 Å². The normalized spacial score (nSPS) is 11.0. The van der Waals surface area contributed by atoms with Crippen molar-refractivity contribution < 1.29 is 9.90 Å². The predicted molar refractivity (Wildman–Crippen MR) is 79.0 cm³/mol. The van der Waals surface area contributed by atoms with Crippen LogP contribution in [0, 0.1) is 6.92 Å². The minimum atomic E-state index is -0.806. The summed E-state index contributed by atoms with van der Waals surface area (Å²) in [5.41, 5.74) is 0.881. The largest absolute Gasteiger partial charge is 0.481 e. The van der Waals surface area contributed by atoms with E-state index in [1.165, 1.54) is 0 Å². The van der Waals surface area contributed by atoms with E-state index < -0.39 is 5.97 Å². The number of hydrogen-bond acceptors (Lipinski definition) is 4. The van der Waals surface area contributed by atoms with Gasteiger partial charge in [0.15, 0.2) is 5.82 Å². The number of nitrogens with zero attached hydrogens (tertiary/aromatic N) is 3. The van der Waals surface area contributed by atoms with E-state index in [1.54, 1.807) is 0 Å². The molecule has 0 bridgehead atoms. The van der Waals surface area contributed by atoms with Gasteiger partial charge in [0.1, 0.15) is 0 Å². The molecule has 0 fully saturated rings. The fourth-order valence-corrected chi connectivity index (χ4v) is 2.26. The van der Waals surface area contributed by atoms with Gasteiger partial charge in [-0.2, -0.15) is 5.10 Å². The van der Waals surface area contributed by atoms with Crippen LogP contribution in [0.15, 0.2) is 24.3 Å². The Morgan fingerprint density at radius 1 is 1.25 bits per heavy atom. The van der Waals surface area contributed by atoms with Gasteiger partial charge in [0.25, 0.3) is 0 Å². The molecule has 20 heavy (non-hydrogen) atoms. The second kappa shape index (κ2) is 5.86. The van der Waals surface area contributed by atoms with Crippen molar-refractivity contribution in [3.8, 4) is 0 Å². The molecule has 0 amide bonds. The molecule has 0 aliphatic heterocycles. The summed E-state index contributed by atoms with van der Waals surface area (Å²) in [4.78, 5) is 12.8. The molecule has 5 heteroatoms. The van der Waals surface area contributed by atoms with Gasteiger partial charge in [0.05, 0.1) is 12.1 Å². The van der Waals surface area contributed by atoms with Crippen LogP contribution in [0.4, 0.5) is 5.82 Å². The van der Waals surface area contributed by atoms with Gasteiger partial charge in [-0.05, 0) is 20.8 Å². The SMILES string of the molecule is Cc1nnc(N(CCC(=O)O)C(C)C)c2ccccc12. The second-order valence-corrected chi connectivity index (χ2v) is 5.09. The molecule has 1 N–H and O–H groups in total. The Kier molecular flexibility index (Phi) is 4.17. The summed E-state index contributed by atoms with van der Waals surface area (Å²) in [5.74, 6) is -0.0533. The fourth-order valence-electron chi connectivity index (χ4n) is 2.26. The molecule has 1 aromatic heterocycles. The van der Waals surface area contributed by atoms with Crippen molar-refractivity contribution in [3.63, 3.8) is 0 Å². The molecule has 1 aromatic carbocycles. The Morgan fingerprint density at radius 2 is 1.90 bits per heavy atom. The van der Waals surface area contributed by atoms with Crippen LogP contribution in [0.5, 0.6) is 0 Å². The highest BCUT2D eigenvalue weighted by Gasteiger charge is 2.17. The zero-order chi connectivity index (χ0) is 14.7. The monoisotopic (exact) mass is 273 g/mol. The lowest BCUT2D eigenvalue weighted by Gasteiger charge is -2.28. The number of rotatable bonds is 5. The molecule has 106 valence electrons. The molecule has 0 unspecified atom stereocenters. The van der Waals surface area contributed by atoms with Crippen LogP contribution < -0.4 is 4.90 Å². The number of carboxylic acid groups (broad SMARTS) is 1. The van der Waals surface area contributed by atoms with Gasteiger partial charge >= 0.3 is 5.97 Å². The summed E-state index contributed by atoms with van der Waals surface area (Å²) < 4.78 is 0. The van der Waals surface area contributed by atoms with Gasteiger partial charge in [0, 0.05) is 23.4 Å². The van der Waals surface area contributed by atoms with E-state index in [4.69, 9.17) is 5.11 Å². The van der Waals surface area contributed by atoms with Crippen LogP contribution in [0.1, 0.15) is 26.0 Å². The summed E-state index contributed by atoms with van der Waals surface area (Å²) in [7, 11) is 0. The van der Waals surface area contributed by atoms with Gasteiger partial charge in [0.2, 0.25) is 0 Å². The Bertz CT molecular complexity index is 626. The topological polar surface area (TPSA) is 66.3 Å². The average Bonchev–Trinajstić information content (AvgIpc) is 2.41. The van der Waals surface area contributed by atoms with Crippen LogP contribution >= 0.6 is 0 Å². The minimum absolute atomic E-state index is 0.0854. The molecule has 0 atom stereocenters. The number of aromatic nitrogens is 2. The number of aryl methyl sites for hydroxylation is 1. The fraction of sp³-hybridized carbons (Fsp3) is 0.400. The quantitative estimate of drug-likeness (QED) is 0.907. The number of carbonyl (C=O) groups is 1. The first-order valence-electron chi connectivity index (χ1n) is 6.71. The molecule has 2 rings (SSSR count). The molecule has 2 aromatic rings. The molecular formula is C15H19N3O2. The molecule has 0 radical (unpaired) electrons. The summed E-state index contributed by atoms with van der Waals surface area (Å²) in [6.45, 7) is 6.40. The first kappa shape index (κ1) is 14.2. The lowest BCUT2D eigenvalue weighted by molar-refractivity contribution is -0.136. The van der Waals surface area contributed by atoms with Crippen LogP contribution in [0.3, 0.4) is 0 Å². The Hall–Kier alpha value is -2.17. The number of fused-ring (bicyclic) bond motifs is 1. The number of aliphatic carboxylic acids is 1. The van der Waals surface area contributed by atoms with E-state index in [0.717, 1.165) is 22.3 Å². The van der Waals surface area contributed by atoms with Crippen LogP contribution in [-0.2, 0) is 4.79 Å². The summed E-state index contributed by atoms with van der Waals surface area (Å²) in [6.07, 6.45) is 0.0854. The van der Waals surface area contributed by atoms with E-state index in [-0.39, 0.29) is 12.5 Å². The molecule has 0 saturated carbocycles. The van der Waals surface area contributed by atoms with Crippen LogP contribution in [0.2, 0.25) is 0 Å². The zero-order valence-corrected chi connectivity index (χ0v) is 12.0. The molecule has 0 aliphatic carbocycles. The van der Waals surface area contributed by atoms with E-state index in [9.17, 15) is 4.79 Å². The summed E-state index contributed by atoms with van der Waals surface area (Å²) in [5, 5.41) is 19.4. The van der Waals surface area contributed by atoms with Crippen molar-refractivity contribution in [2.24, 2.45) is 0 Å². The molecule has 1 heterocycles. The van der Waals surface area contributed by atoms with E-state index in [2.05, 4.69) is 10.2 Å². The maximum Gasteiger partial charge on any atom is 0.305 e. The lowest BCUT2D eigenvalue weighted by Crippen LogP contribution is -2.34. The highest BCUT2D eigenvalue weighted by molar-refractivity contribution is 5.93. The molecule has 5 nitrogen and oxygen atoms in total. The van der Waals surface area contributed by atoms with Gasteiger partial charge in [-0.25, -0.2) is 0 Å². The molecule has 0 saturated heterocycles. The average molecular weight is 273 g/mol. The zero-order valence-electron chi connectivity index (χ0n) is 12.0. The third kappa shape index (κ3) is 2.87. The molecule has 0 aliphatic rings. The third-order valence-corrected chi connectivity index (χ3v) is 3.31. The van der Waals surface area contributed by atoms with E-state index >= 15 is 0 Å². The van der Waals surface area contributed by atoms with Crippen molar-refractivity contribution in [1.29, 1.82) is 0 Å². The van der Waals surface area contributed by atoms with Crippen LogP contribution in [-0.4, -0.2) is 33.9 Å². The lowest BCUT2D eigenvalue weighted by atomic mass is 10.1. The predicted octanol–water partition coefficient (Wildman–Crippen LogP) is 2.63. The first-order chi connectivity index (χ1) is 9.50.